The first kappa shape index (κ1) is 27.4. The Labute approximate surface area is 235 Å². The summed E-state index contributed by atoms with van der Waals surface area (Å²) in [6.07, 6.45) is 1.48. The molecule has 0 radical (unpaired) electrons. The van der Waals surface area contributed by atoms with Crippen molar-refractivity contribution in [3.8, 4) is 22.8 Å². The first-order valence-corrected chi connectivity index (χ1v) is 12.8. The van der Waals surface area contributed by atoms with Crippen LogP contribution in [0.1, 0.15) is 31.1 Å². The molecule has 0 saturated carbocycles. The number of hydrogen-bond acceptors (Lipinski definition) is 10. The van der Waals surface area contributed by atoms with Gasteiger partial charge in [0.25, 0.3) is 5.69 Å². The molecular formula is C30H27N3O8. The van der Waals surface area contributed by atoms with Gasteiger partial charge in [0.1, 0.15) is 23.1 Å². The van der Waals surface area contributed by atoms with Crippen LogP contribution in [0.2, 0.25) is 0 Å². The number of nitrogens with one attached hydrogen (secondary N) is 1. The fourth-order valence-electron chi connectivity index (χ4n) is 5.16. The van der Waals surface area contributed by atoms with Gasteiger partial charge in [-0.1, -0.05) is 18.2 Å². The van der Waals surface area contributed by atoms with Gasteiger partial charge >= 0.3 is 5.97 Å². The zero-order valence-corrected chi connectivity index (χ0v) is 22.8. The second kappa shape index (κ2) is 11.1. The van der Waals surface area contributed by atoms with Gasteiger partial charge in [-0.3, -0.25) is 14.9 Å². The van der Waals surface area contributed by atoms with E-state index in [1.54, 1.807) is 62.4 Å². The lowest BCUT2D eigenvalue weighted by Gasteiger charge is -2.32. The summed E-state index contributed by atoms with van der Waals surface area (Å²) in [6.45, 7) is 3.61. The Morgan fingerprint density at radius 1 is 1.10 bits per heavy atom. The highest BCUT2D eigenvalue weighted by molar-refractivity contribution is 6.21. The first-order chi connectivity index (χ1) is 19.8. The molecule has 11 nitrogen and oxygen atoms in total. The van der Waals surface area contributed by atoms with Gasteiger partial charge in [0.15, 0.2) is 17.3 Å². The molecule has 2 atom stereocenters. The van der Waals surface area contributed by atoms with Crippen LogP contribution in [0.4, 0.5) is 5.69 Å². The number of nitro groups is 1. The number of amidine groups is 1. The molecule has 11 heteroatoms. The first-order valence-electron chi connectivity index (χ1n) is 12.8. The zero-order chi connectivity index (χ0) is 29.3. The number of aliphatic imine (C=N–C) groups is 1. The van der Waals surface area contributed by atoms with Crippen molar-refractivity contribution in [2.75, 3.05) is 20.8 Å². The van der Waals surface area contributed by atoms with Crippen molar-refractivity contribution in [1.82, 2.24) is 5.32 Å². The van der Waals surface area contributed by atoms with E-state index in [-0.39, 0.29) is 29.5 Å². The number of carbonyl (C=O) groups is 2. The maximum atomic E-state index is 13.9. The van der Waals surface area contributed by atoms with E-state index >= 15 is 0 Å². The highest BCUT2D eigenvalue weighted by Gasteiger charge is 2.47. The van der Waals surface area contributed by atoms with Crippen LogP contribution in [0.25, 0.3) is 17.4 Å². The molecule has 1 aromatic heterocycles. The van der Waals surface area contributed by atoms with Crippen molar-refractivity contribution in [3.05, 3.63) is 93.0 Å². The van der Waals surface area contributed by atoms with Crippen molar-refractivity contribution in [2.45, 2.75) is 19.8 Å². The van der Waals surface area contributed by atoms with Crippen LogP contribution in [-0.4, -0.2) is 43.3 Å². The monoisotopic (exact) mass is 557 g/mol. The molecular weight excluding hydrogens is 530 g/mol. The Kier molecular flexibility index (Phi) is 7.43. The quantitative estimate of drug-likeness (QED) is 0.174. The van der Waals surface area contributed by atoms with Crippen LogP contribution in [-0.2, 0) is 14.3 Å². The number of carbonyl (C=O) groups excluding carboxylic acids is 2. The highest BCUT2D eigenvalue weighted by Crippen LogP contribution is 2.44. The number of Topliss-reactive ketones (excluding diaryl/α,β-unsaturated/α-hetero) is 1. The normalized spacial score (nSPS) is 19.0. The van der Waals surface area contributed by atoms with Gasteiger partial charge in [-0.25, -0.2) is 9.79 Å². The summed E-state index contributed by atoms with van der Waals surface area (Å²) < 4.78 is 22.1. The number of methoxy groups -OCH3 is 2. The highest BCUT2D eigenvalue weighted by atomic mass is 16.6. The topological polar surface area (TPSA) is 142 Å². The molecule has 0 spiro atoms. The van der Waals surface area contributed by atoms with Gasteiger partial charge < -0.3 is 23.9 Å². The molecule has 0 fully saturated rings. The molecule has 3 heterocycles. The Balaban J connectivity index is 1.55. The van der Waals surface area contributed by atoms with E-state index < -0.39 is 22.7 Å². The number of para-hydroxylation sites is 1. The molecule has 5 rings (SSSR count). The second-order valence-electron chi connectivity index (χ2n) is 9.32. The van der Waals surface area contributed by atoms with Gasteiger partial charge in [0.2, 0.25) is 0 Å². The molecule has 210 valence electrons. The molecule has 2 aromatic carbocycles. The molecule has 0 amide bonds. The SMILES string of the molecule is CCOC(=O)C1=C(C)NC2=N/C(=C\c3ccc(-c4ccccc4[N+](=O)[O-])o3)C(=O)C2C1c1ccc(OC)c(OC)c1. The maximum absolute atomic E-state index is 13.9. The van der Waals surface area contributed by atoms with E-state index in [1.165, 1.54) is 26.4 Å². The van der Waals surface area contributed by atoms with Gasteiger partial charge in [-0.15, -0.1) is 0 Å². The maximum Gasteiger partial charge on any atom is 0.336 e. The fourth-order valence-corrected chi connectivity index (χ4v) is 5.16. The summed E-state index contributed by atoms with van der Waals surface area (Å²) in [5.41, 5.74) is 1.81. The molecule has 41 heavy (non-hydrogen) atoms. The van der Waals surface area contributed by atoms with Gasteiger partial charge in [-0.05, 0) is 49.7 Å². The van der Waals surface area contributed by atoms with E-state index in [1.807, 2.05) is 0 Å². The third kappa shape index (κ3) is 4.97. The van der Waals surface area contributed by atoms with Crippen LogP contribution in [0, 0.1) is 16.0 Å². The van der Waals surface area contributed by atoms with Crippen molar-refractivity contribution >= 4 is 29.4 Å². The summed E-state index contributed by atoms with van der Waals surface area (Å²) in [5, 5.41) is 14.6. The zero-order valence-electron chi connectivity index (χ0n) is 22.8. The van der Waals surface area contributed by atoms with Crippen LogP contribution < -0.4 is 14.8 Å². The van der Waals surface area contributed by atoms with E-state index in [9.17, 15) is 19.7 Å². The van der Waals surface area contributed by atoms with Gasteiger partial charge in [0, 0.05) is 23.8 Å². The van der Waals surface area contributed by atoms with E-state index in [0.717, 1.165) is 0 Å². The number of esters is 1. The van der Waals surface area contributed by atoms with E-state index in [0.29, 0.717) is 45.5 Å². The molecule has 2 aliphatic rings. The van der Waals surface area contributed by atoms with E-state index in [2.05, 4.69) is 10.3 Å². The molecule has 0 saturated heterocycles. The number of ketones is 1. The van der Waals surface area contributed by atoms with Crippen molar-refractivity contribution in [3.63, 3.8) is 0 Å². The Morgan fingerprint density at radius 2 is 1.85 bits per heavy atom. The van der Waals surface area contributed by atoms with Crippen molar-refractivity contribution < 1.29 is 33.1 Å². The van der Waals surface area contributed by atoms with Crippen LogP contribution in [0.3, 0.4) is 0 Å². The van der Waals surface area contributed by atoms with Crippen molar-refractivity contribution in [2.24, 2.45) is 10.9 Å². The summed E-state index contributed by atoms with van der Waals surface area (Å²) in [4.78, 5) is 42.6. The smallest absolute Gasteiger partial charge is 0.336 e. The number of nitro benzene ring substituents is 1. The number of nitrogens with zero attached hydrogens (tertiary/aromatic N) is 2. The van der Waals surface area contributed by atoms with Crippen LogP contribution in [0.5, 0.6) is 11.5 Å². The number of fused-ring (bicyclic) bond motifs is 1. The molecule has 3 aromatic rings. The summed E-state index contributed by atoms with van der Waals surface area (Å²) in [5.74, 6) is -0.515. The molecule has 0 aliphatic carbocycles. The lowest BCUT2D eigenvalue weighted by Crippen LogP contribution is -2.42. The molecule has 1 N–H and O–H groups in total. The van der Waals surface area contributed by atoms with E-state index in [4.69, 9.17) is 18.6 Å². The Morgan fingerprint density at radius 3 is 2.56 bits per heavy atom. The number of benzene rings is 2. The summed E-state index contributed by atoms with van der Waals surface area (Å²) in [7, 11) is 3.03. The lowest BCUT2D eigenvalue weighted by molar-refractivity contribution is -0.384. The molecule has 0 bridgehead atoms. The van der Waals surface area contributed by atoms with Crippen molar-refractivity contribution in [1.29, 1.82) is 0 Å². The number of allylic oxidation sites excluding steroid dienone is 2. The number of rotatable bonds is 8. The minimum atomic E-state index is -0.841. The average molecular weight is 558 g/mol. The lowest BCUT2D eigenvalue weighted by atomic mass is 9.75. The predicted octanol–water partition coefficient (Wildman–Crippen LogP) is 5.03. The van der Waals surface area contributed by atoms with Gasteiger partial charge in [-0.2, -0.15) is 0 Å². The van der Waals surface area contributed by atoms with Crippen LogP contribution >= 0.6 is 0 Å². The third-order valence-electron chi connectivity index (χ3n) is 6.97. The van der Waals surface area contributed by atoms with Gasteiger partial charge in [0.05, 0.1) is 42.8 Å². The summed E-state index contributed by atoms with van der Waals surface area (Å²) in [6, 6.07) is 14.7. The summed E-state index contributed by atoms with van der Waals surface area (Å²) >= 11 is 0. The number of furan rings is 1. The predicted molar refractivity (Wildman–Crippen MR) is 149 cm³/mol. The standard InChI is InChI=1S/C30H27N3O8/c1-5-40-30(35)25-16(2)31-29-27(26(25)17-10-12-23(38-3)24(14-17)39-4)28(34)20(32-29)15-18-11-13-22(41-18)19-8-6-7-9-21(19)33(36)37/h6-15,26-27H,5H2,1-4H3,(H,31,32)/b20-15-. The largest absolute Gasteiger partial charge is 0.493 e. The third-order valence-corrected chi connectivity index (χ3v) is 6.97. The fraction of sp³-hybridized carbons (Fsp3) is 0.233. The van der Waals surface area contributed by atoms with Crippen LogP contribution in [0.15, 0.2) is 81.0 Å². The average Bonchev–Trinajstić information content (AvgIpc) is 3.56. The Hall–Kier alpha value is -5.19. The number of ether oxygens (including phenoxy) is 3. The Bertz CT molecular complexity index is 1650. The molecule has 2 unspecified atom stereocenters. The molecule has 2 aliphatic heterocycles. The number of hydrogen-bond donors (Lipinski definition) is 1. The minimum absolute atomic E-state index is 0.0979. The minimum Gasteiger partial charge on any atom is -0.493 e. The second-order valence-corrected chi connectivity index (χ2v) is 9.32.